The second-order valence-electron chi connectivity index (χ2n) is 9.80. The number of piperidine rings is 1. The summed E-state index contributed by atoms with van der Waals surface area (Å²) in [4.78, 5) is 25.9. The summed E-state index contributed by atoms with van der Waals surface area (Å²) >= 11 is 0. The Hall–Kier alpha value is -1.99. The zero-order chi connectivity index (χ0) is 26.7. The Bertz CT molecular complexity index is 1180. The minimum atomic E-state index is -2.44. The van der Waals surface area contributed by atoms with E-state index in [1.165, 1.54) is 11.0 Å². The van der Waals surface area contributed by atoms with Crippen molar-refractivity contribution in [3.8, 4) is 11.5 Å². The summed E-state index contributed by atoms with van der Waals surface area (Å²) in [5.74, 6) is -1.68. The van der Waals surface area contributed by atoms with Crippen molar-refractivity contribution >= 4 is 24.2 Å². The number of ether oxygens (including phenoxy) is 3. The van der Waals surface area contributed by atoms with Crippen molar-refractivity contribution < 1.29 is 53.4 Å². The van der Waals surface area contributed by atoms with Crippen molar-refractivity contribution in [3.63, 3.8) is 0 Å². The van der Waals surface area contributed by atoms with E-state index in [0.29, 0.717) is 11.1 Å². The molecule has 35 heavy (non-hydrogen) atoms. The van der Waals surface area contributed by atoms with Crippen molar-refractivity contribution in [1.29, 1.82) is 0 Å². The molecule has 0 radical (unpaired) electrons. The Morgan fingerprint density at radius 1 is 1.23 bits per heavy atom. The van der Waals surface area contributed by atoms with Crippen molar-refractivity contribution in [2.75, 3.05) is 13.5 Å². The number of nitrogens with zero attached hydrogens (tertiary/aromatic N) is 1. The van der Waals surface area contributed by atoms with Crippen molar-refractivity contribution in [2.45, 2.75) is 79.6 Å². The van der Waals surface area contributed by atoms with Crippen LogP contribution < -0.4 is 9.47 Å². The first-order chi connectivity index (χ1) is 17.3. The SMILES string of the molecule is Cl.[2H]C([2H])([2H])N1CC[C@]23c4c5ccc(O[C@@H]6O[C@H](C(=O)O)[C@@H](O)[C@H](O)[C@H]6O)c4O[C@H]2C(=O)CC[C@@]3(O)[C@H]1C5. The third-order valence-electron chi connectivity index (χ3n) is 8.30. The molecule has 2 aliphatic carbocycles. The third kappa shape index (κ3) is 3.00. The van der Waals surface area contributed by atoms with E-state index in [1.807, 2.05) is 0 Å². The maximum absolute atomic E-state index is 13.1. The van der Waals surface area contributed by atoms with E-state index in [1.54, 1.807) is 6.07 Å². The molecule has 1 spiro atoms. The lowest BCUT2D eigenvalue weighted by atomic mass is 9.49. The summed E-state index contributed by atoms with van der Waals surface area (Å²) < 4.78 is 41.2. The van der Waals surface area contributed by atoms with Gasteiger partial charge in [-0.05, 0) is 44.4 Å². The highest BCUT2D eigenvalue weighted by molar-refractivity contribution is 5.90. The minimum absolute atomic E-state index is 0. The monoisotopic (exact) mass is 516 g/mol. The Labute approximate surface area is 210 Å². The molecule has 0 unspecified atom stereocenters. The van der Waals surface area contributed by atoms with E-state index >= 15 is 0 Å². The Morgan fingerprint density at radius 3 is 2.71 bits per heavy atom. The molecule has 1 aromatic rings. The highest BCUT2D eigenvalue weighted by atomic mass is 35.5. The first kappa shape index (κ1) is 21.1. The van der Waals surface area contributed by atoms with Crippen LogP contribution in [0, 0.1) is 0 Å². The maximum atomic E-state index is 13.1. The number of hydrogen-bond donors (Lipinski definition) is 5. The van der Waals surface area contributed by atoms with E-state index in [-0.39, 0.29) is 61.9 Å². The predicted octanol–water partition coefficient (Wildman–Crippen LogP) is -1.27. The molecule has 2 bridgehead atoms. The molecule has 3 aliphatic heterocycles. The second kappa shape index (κ2) is 8.01. The molecular weight excluding hydrogens is 486 g/mol. The number of likely N-dealkylation sites (tertiary alicyclic amines) is 1. The van der Waals surface area contributed by atoms with Crippen LogP contribution in [0.4, 0.5) is 0 Å². The average Bonchev–Trinajstić information content (AvgIpc) is 3.17. The van der Waals surface area contributed by atoms with Gasteiger partial charge < -0.3 is 44.6 Å². The van der Waals surface area contributed by atoms with Crippen molar-refractivity contribution in [2.24, 2.45) is 0 Å². The van der Waals surface area contributed by atoms with Crippen LogP contribution in [0.5, 0.6) is 11.5 Å². The van der Waals surface area contributed by atoms with Crippen molar-refractivity contribution in [1.82, 2.24) is 4.90 Å². The van der Waals surface area contributed by atoms with E-state index in [4.69, 9.17) is 18.3 Å². The summed E-state index contributed by atoms with van der Waals surface area (Å²) in [6.07, 6.45) is -9.80. The van der Waals surface area contributed by atoms with Gasteiger partial charge in [0.2, 0.25) is 6.29 Å². The van der Waals surface area contributed by atoms with E-state index in [2.05, 4.69) is 0 Å². The van der Waals surface area contributed by atoms with Crippen LogP contribution in [0.2, 0.25) is 0 Å². The topological polar surface area (TPSA) is 166 Å². The number of carboxylic acids is 1. The number of benzene rings is 1. The summed E-state index contributed by atoms with van der Waals surface area (Å²) in [6, 6.07) is 2.36. The lowest BCUT2D eigenvalue weighted by Gasteiger charge is -2.62. The fraction of sp³-hybridized carbons (Fsp3) is 0.652. The van der Waals surface area contributed by atoms with Crippen LogP contribution in [0.15, 0.2) is 12.1 Å². The third-order valence-corrected chi connectivity index (χ3v) is 8.30. The van der Waals surface area contributed by atoms with Crippen LogP contribution in [0.1, 0.15) is 34.5 Å². The molecule has 1 saturated carbocycles. The number of ketones is 1. The number of Topliss-reactive ketones (excluding diaryl/α,β-unsaturated/α-hetero) is 1. The summed E-state index contributed by atoms with van der Waals surface area (Å²) in [6.45, 7) is -2.34. The average molecular weight is 517 g/mol. The fourth-order valence-electron chi connectivity index (χ4n) is 6.68. The molecule has 11 nitrogen and oxygen atoms in total. The summed E-state index contributed by atoms with van der Waals surface area (Å²) in [7, 11) is 0. The van der Waals surface area contributed by atoms with Crippen LogP contribution in [0.25, 0.3) is 0 Å². The molecule has 5 aliphatic rings. The van der Waals surface area contributed by atoms with Gasteiger partial charge in [-0.25, -0.2) is 4.79 Å². The molecule has 6 rings (SSSR count). The Balaban J connectivity index is 0.00000294. The number of carbonyl (C=O) groups excluding carboxylic acids is 1. The quantitative estimate of drug-likeness (QED) is 0.325. The molecule has 9 atom stereocenters. The molecule has 3 heterocycles. The standard InChI is InChI=1S/C23H27NO10.ClH/c1-24-7-6-22-13-9-2-3-11(32-21-16(28)14(26)15(27)18(34-21)20(29)30)17(13)33-19(22)10(25)4-5-23(22,31)12(24)8-9;/h2-3,12,14-16,18-19,21,26-28,31H,4-8H2,1H3,(H,29,30);1H/t12-,14+,15+,16-,18+,19+,21-,22+,23-;/m1./s1/i1D3;. The normalized spacial score (nSPS) is 45.2. The van der Waals surface area contributed by atoms with Gasteiger partial charge in [-0.3, -0.25) is 4.79 Å². The molecule has 12 heteroatoms. The second-order valence-corrected chi connectivity index (χ2v) is 9.80. The molecule has 1 aromatic carbocycles. The lowest BCUT2D eigenvalue weighted by molar-refractivity contribution is -0.271. The smallest absolute Gasteiger partial charge is 0.335 e. The maximum Gasteiger partial charge on any atom is 0.335 e. The minimum Gasteiger partial charge on any atom is -0.479 e. The zero-order valence-electron chi connectivity index (χ0n) is 21.4. The summed E-state index contributed by atoms with van der Waals surface area (Å²) in [5.41, 5.74) is -1.55. The van der Waals surface area contributed by atoms with Crippen molar-refractivity contribution in [3.05, 3.63) is 23.3 Å². The number of rotatable bonds is 3. The molecule has 5 N–H and O–H groups in total. The molecular formula is C23H28ClNO10. The van der Waals surface area contributed by atoms with Gasteiger partial charge in [-0.1, -0.05) is 6.07 Å². The van der Waals surface area contributed by atoms with Gasteiger partial charge in [-0.2, -0.15) is 0 Å². The largest absolute Gasteiger partial charge is 0.479 e. The number of carboxylic acid groups (broad SMARTS) is 1. The van der Waals surface area contributed by atoms with Gasteiger partial charge in [0.1, 0.15) is 18.3 Å². The molecule has 2 saturated heterocycles. The highest BCUT2D eigenvalue weighted by Crippen LogP contribution is 2.64. The van der Waals surface area contributed by atoms with Gasteiger partial charge in [0, 0.05) is 22.1 Å². The van der Waals surface area contributed by atoms with Crippen LogP contribution in [-0.4, -0.2) is 104 Å². The predicted molar refractivity (Wildman–Crippen MR) is 119 cm³/mol. The number of aliphatic carboxylic acids is 1. The molecule has 192 valence electrons. The molecule has 0 aromatic heterocycles. The zero-order valence-corrected chi connectivity index (χ0v) is 19.2. The number of carbonyl (C=O) groups is 2. The molecule has 0 amide bonds. The van der Waals surface area contributed by atoms with Gasteiger partial charge in [-0.15, -0.1) is 12.4 Å². The van der Waals surface area contributed by atoms with E-state index in [9.17, 15) is 35.1 Å². The summed E-state index contributed by atoms with van der Waals surface area (Å²) in [5, 5.41) is 52.0. The number of likely N-dealkylation sites (N-methyl/N-ethyl adjacent to an activating group) is 1. The lowest BCUT2D eigenvalue weighted by Crippen LogP contribution is -2.76. The first-order valence-corrected chi connectivity index (χ1v) is 11.3. The van der Waals surface area contributed by atoms with E-state index < -0.39 is 66.8 Å². The number of aliphatic hydroxyl groups excluding tert-OH is 3. The Kier molecular flexibility index (Phi) is 4.83. The van der Waals surface area contributed by atoms with Gasteiger partial charge in [0.15, 0.2) is 29.5 Å². The Morgan fingerprint density at radius 2 is 2.00 bits per heavy atom. The first-order valence-electron chi connectivity index (χ1n) is 12.8. The number of halogens is 1. The van der Waals surface area contributed by atoms with Gasteiger partial charge in [0.25, 0.3) is 0 Å². The number of hydrogen-bond acceptors (Lipinski definition) is 10. The van der Waals surface area contributed by atoms with Gasteiger partial charge in [0.05, 0.1) is 11.0 Å². The van der Waals surface area contributed by atoms with Crippen LogP contribution >= 0.6 is 12.4 Å². The van der Waals surface area contributed by atoms with Crippen LogP contribution in [-0.2, 0) is 26.2 Å². The highest BCUT2D eigenvalue weighted by Gasteiger charge is 2.73. The van der Waals surface area contributed by atoms with Gasteiger partial charge >= 0.3 is 5.97 Å². The number of aliphatic hydroxyl groups is 4. The van der Waals surface area contributed by atoms with Crippen LogP contribution in [0.3, 0.4) is 0 Å². The van der Waals surface area contributed by atoms with E-state index in [0.717, 1.165) is 0 Å². The molecule has 3 fully saturated rings. The fourth-order valence-corrected chi connectivity index (χ4v) is 6.68.